The number of rotatable bonds is 4. The zero-order valence-corrected chi connectivity index (χ0v) is 12.7. The standard InChI is InChI=1S/C15H13FN8/c1-9-4-13(23-22-9)20-14-7-17-11-6-19-24(15(11)21-14)8-10-2-3-12(16)18-5-10/h2-7H,8H2,1H3,(H2,20,21,22,23). The van der Waals surface area contributed by atoms with Crippen LogP contribution in [0.25, 0.3) is 11.2 Å². The van der Waals surface area contributed by atoms with Gasteiger partial charge < -0.3 is 5.32 Å². The highest BCUT2D eigenvalue weighted by molar-refractivity contribution is 5.72. The van der Waals surface area contributed by atoms with Crippen LogP contribution in [0.5, 0.6) is 0 Å². The number of aromatic amines is 1. The smallest absolute Gasteiger partial charge is 0.212 e. The molecule has 0 atom stereocenters. The van der Waals surface area contributed by atoms with Crippen LogP contribution in [-0.2, 0) is 6.54 Å². The summed E-state index contributed by atoms with van der Waals surface area (Å²) in [7, 11) is 0. The summed E-state index contributed by atoms with van der Waals surface area (Å²) >= 11 is 0. The number of H-pyrrole nitrogens is 1. The molecule has 4 rings (SSSR count). The monoisotopic (exact) mass is 324 g/mol. The zero-order valence-electron chi connectivity index (χ0n) is 12.7. The molecule has 0 aromatic carbocycles. The fraction of sp³-hybridized carbons (Fsp3) is 0.133. The first kappa shape index (κ1) is 14.2. The van der Waals surface area contributed by atoms with E-state index in [9.17, 15) is 4.39 Å². The summed E-state index contributed by atoms with van der Waals surface area (Å²) < 4.78 is 14.6. The summed E-state index contributed by atoms with van der Waals surface area (Å²) in [4.78, 5) is 12.5. The highest BCUT2D eigenvalue weighted by Crippen LogP contribution is 2.16. The number of nitrogens with one attached hydrogen (secondary N) is 2. The number of pyridine rings is 1. The van der Waals surface area contributed by atoms with Gasteiger partial charge in [0, 0.05) is 18.0 Å². The average molecular weight is 324 g/mol. The summed E-state index contributed by atoms with van der Waals surface area (Å²) in [5.74, 6) is 0.715. The molecule has 0 aliphatic heterocycles. The second kappa shape index (κ2) is 5.69. The molecule has 4 aromatic rings. The van der Waals surface area contributed by atoms with Crippen molar-refractivity contribution in [2.24, 2.45) is 0 Å². The molecule has 0 bridgehead atoms. The van der Waals surface area contributed by atoms with Gasteiger partial charge in [0.2, 0.25) is 5.95 Å². The predicted octanol–water partition coefficient (Wildman–Crippen LogP) is 2.18. The van der Waals surface area contributed by atoms with E-state index in [4.69, 9.17) is 0 Å². The van der Waals surface area contributed by atoms with Crippen LogP contribution >= 0.6 is 0 Å². The molecule has 8 nitrogen and oxygen atoms in total. The molecular weight excluding hydrogens is 311 g/mol. The van der Waals surface area contributed by atoms with E-state index in [2.05, 4.69) is 35.6 Å². The Kier molecular flexibility index (Phi) is 3.38. The molecule has 0 fully saturated rings. The highest BCUT2D eigenvalue weighted by atomic mass is 19.1. The first-order valence-electron chi connectivity index (χ1n) is 7.25. The minimum atomic E-state index is -0.510. The van der Waals surface area contributed by atoms with Crippen molar-refractivity contribution in [2.45, 2.75) is 13.5 Å². The lowest BCUT2D eigenvalue weighted by Crippen LogP contribution is -2.04. The third kappa shape index (κ3) is 2.78. The van der Waals surface area contributed by atoms with Crippen LogP contribution < -0.4 is 5.32 Å². The Balaban J connectivity index is 1.64. The van der Waals surface area contributed by atoms with Crippen molar-refractivity contribution in [1.82, 2.24) is 34.9 Å². The van der Waals surface area contributed by atoms with E-state index >= 15 is 0 Å². The Labute approximate surface area is 135 Å². The number of aryl methyl sites for hydroxylation is 1. The van der Waals surface area contributed by atoms with Crippen molar-refractivity contribution >= 4 is 22.8 Å². The number of fused-ring (bicyclic) bond motifs is 1. The molecule has 24 heavy (non-hydrogen) atoms. The number of hydrogen-bond acceptors (Lipinski definition) is 6. The molecular formula is C15H13FN8. The maximum absolute atomic E-state index is 12.9. The molecule has 0 saturated heterocycles. The van der Waals surface area contributed by atoms with Gasteiger partial charge in [-0.2, -0.15) is 14.6 Å². The second-order valence-electron chi connectivity index (χ2n) is 5.32. The van der Waals surface area contributed by atoms with Crippen LogP contribution in [0, 0.1) is 12.9 Å². The van der Waals surface area contributed by atoms with Crippen LogP contribution in [0.15, 0.2) is 36.8 Å². The SMILES string of the molecule is Cc1cc(Nc2cnc3cnn(Cc4ccc(F)nc4)c3n2)n[nH]1. The van der Waals surface area contributed by atoms with Crippen LogP contribution in [0.1, 0.15) is 11.3 Å². The molecule has 0 saturated carbocycles. The van der Waals surface area contributed by atoms with Crippen LogP contribution in [0.4, 0.5) is 16.0 Å². The van der Waals surface area contributed by atoms with Crippen molar-refractivity contribution in [1.29, 1.82) is 0 Å². The van der Waals surface area contributed by atoms with E-state index in [0.717, 1.165) is 11.3 Å². The normalized spacial score (nSPS) is 11.1. The molecule has 120 valence electrons. The Morgan fingerprint density at radius 3 is 2.83 bits per heavy atom. The highest BCUT2D eigenvalue weighted by Gasteiger charge is 2.09. The molecule has 2 N–H and O–H groups in total. The molecule has 0 unspecified atom stereocenters. The topological polar surface area (TPSA) is 97.2 Å². The molecule has 0 aliphatic rings. The minimum Gasteiger partial charge on any atom is -0.322 e. The quantitative estimate of drug-likeness (QED) is 0.559. The van der Waals surface area contributed by atoms with Crippen LogP contribution in [0.2, 0.25) is 0 Å². The fourth-order valence-corrected chi connectivity index (χ4v) is 2.31. The van der Waals surface area contributed by atoms with E-state index in [1.165, 1.54) is 12.3 Å². The van der Waals surface area contributed by atoms with Gasteiger partial charge in [-0.05, 0) is 18.6 Å². The number of hydrogen-bond donors (Lipinski definition) is 2. The van der Waals surface area contributed by atoms with Gasteiger partial charge in [-0.1, -0.05) is 6.07 Å². The Hall–Kier alpha value is -3.36. The molecule has 0 aliphatic carbocycles. The molecule has 4 aromatic heterocycles. The summed E-state index contributed by atoms with van der Waals surface area (Å²) in [5.41, 5.74) is 3.07. The molecule has 0 spiro atoms. The van der Waals surface area contributed by atoms with E-state index < -0.39 is 5.95 Å². The minimum absolute atomic E-state index is 0.427. The molecule has 4 heterocycles. The summed E-state index contributed by atoms with van der Waals surface area (Å²) in [6, 6.07) is 4.85. The maximum atomic E-state index is 12.9. The van der Waals surface area contributed by atoms with Crippen molar-refractivity contribution in [3.8, 4) is 0 Å². The van der Waals surface area contributed by atoms with E-state index in [1.807, 2.05) is 13.0 Å². The molecule has 0 amide bonds. The second-order valence-corrected chi connectivity index (χ2v) is 5.32. The summed E-state index contributed by atoms with van der Waals surface area (Å²) in [5, 5.41) is 14.3. The fourth-order valence-electron chi connectivity index (χ4n) is 2.31. The van der Waals surface area contributed by atoms with Gasteiger partial charge in [-0.25, -0.2) is 19.6 Å². The largest absolute Gasteiger partial charge is 0.322 e. The summed E-state index contributed by atoms with van der Waals surface area (Å²) in [6.45, 7) is 2.34. The van der Waals surface area contributed by atoms with E-state index in [0.29, 0.717) is 29.3 Å². The Morgan fingerprint density at radius 1 is 1.17 bits per heavy atom. The first-order valence-corrected chi connectivity index (χ1v) is 7.25. The lowest BCUT2D eigenvalue weighted by molar-refractivity contribution is 0.580. The molecule has 9 heteroatoms. The van der Waals surface area contributed by atoms with Crippen molar-refractivity contribution in [2.75, 3.05) is 5.32 Å². The Morgan fingerprint density at radius 2 is 2.08 bits per heavy atom. The van der Waals surface area contributed by atoms with Gasteiger partial charge in [-0.15, -0.1) is 0 Å². The van der Waals surface area contributed by atoms with Crippen LogP contribution in [0.3, 0.4) is 0 Å². The maximum Gasteiger partial charge on any atom is 0.212 e. The summed E-state index contributed by atoms with van der Waals surface area (Å²) in [6.07, 6.45) is 4.74. The lowest BCUT2D eigenvalue weighted by Gasteiger charge is -2.05. The van der Waals surface area contributed by atoms with Crippen molar-refractivity contribution < 1.29 is 4.39 Å². The Bertz CT molecular complexity index is 988. The van der Waals surface area contributed by atoms with Crippen molar-refractivity contribution in [3.63, 3.8) is 0 Å². The van der Waals surface area contributed by atoms with Gasteiger partial charge in [0.05, 0.1) is 18.9 Å². The molecule has 0 radical (unpaired) electrons. The third-order valence-electron chi connectivity index (χ3n) is 3.43. The third-order valence-corrected chi connectivity index (χ3v) is 3.43. The predicted molar refractivity (Wildman–Crippen MR) is 85.2 cm³/mol. The number of halogens is 1. The van der Waals surface area contributed by atoms with Gasteiger partial charge in [0.25, 0.3) is 0 Å². The lowest BCUT2D eigenvalue weighted by atomic mass is 10.3. The van der Waals surface area contributed by atoms with Gasteiger partial charge in [0.1, 0.15) is 5.52 Å². The average Bonchev–Trinajstić information content (AvgIpc) is 3.16. The van der Waals surface area contributed by atoms with Gasteiger partial charge in [0.15, 0.2) is 17.3 Å². The number of aromatic nitrogens is 7. The number of anilines is 2. The van der Waals surface area contributed by atoms with E-state index in [-0.39, 0.29) is 0 Å². The van der Waals surface area contributed by atoms with Gasteiger partial charge in [-0.3, -0.25) is 5.10 Å². The van der Waals surface area contributed by atoms with E-state index in [1.54, 1.807) is 23.1 Å². The van der Waals surface area contributed by atoms with Crippen LogP contribution in [-0.4, -0.2) is 34.9 Å². The van der Waals surface area contributed by atoms with Crippen molar-refractivity contribution in [3.05, 3.63) is 54.0 Å². The zero-order chi connectivity index (χ0) is 16.5. The van der Waals surface area contributed by atoms with Gasteiger partial charge >= 0.3 is 0 Å². The first-order chi connectivity index (χ1) is 11.7. The number of nitrogens with zero attached hydrogens (tertiary/aromatic N) is 6.